The van der Waals surface area contributed by atoms with Crippen LogP contribution in [0.1, 0.15) is 52.2 Å². The van der Waals surface area contributed by atoms with Crippen LogP contribution >= 0.6 is 0 Å². The lowest BCUT2D eigenvalue weighted by atomic mass is 9.86. The van der Waals surface area contributed by atoms with E-state index in [2.05, 4.69) is 64.6 Å². The minimum Gasteiger partial charge on any atom is -0.493 e. The molecule has 1 fully saturated rings. The first-order chi connectivity index (χ1) is 10.8. The maximum absolute atomic E-state index is 6.13. The lowest BCUT2D eigenvalue weighted by molar-refractivity contribution is -0.0686. The lowest BCUT2D eigenvalue weighted by Gasteiger charge is -2.35. The standard InChI is InChI=1S/C20H33NO2/c1-15-8-9-18(20(4,5)6)19(12-15)22-11-7-10-21-13-16(2)23-17(3)14-21/h8-9,12,16-17H,7,10-11,13-14H2,1-6H3/t16-,17-/m1/s1. The van der Waals surface area contributed by atoms with Gasteiger partial charge in [-0.3, -0.25) is 4.90 Å². The zero-order valence-corrected chi connectivity index (χ0v) is 15.7. The number of nitrogens with zero attached hydrogens (tertiary/aromatic N) is 1. The molecule has 1 aromatic rings. The molecule has 1 aliphatic rings. The number of morpholine rings is 1. The van der Waals surface area contributed by atoms with Gasteiger partial charge in [-0.25, -0.2) is 0 Å². The van der Waals surface area contributed by atoms with Gasteiger partial charge in [-0.05, 0) is 49.8 Å². The maximum Gasteiger partial charge on any atom is 0.123 e. The van der Waals surface area contributed by atoms with Crippen molar-refractivity contribution < 1.29 is 9.47 Å². The first kappa shape index (κ1) is 18.3. The number of ether oxygens (including phenoxy) is 2. The highest BCUT2D eigenvalue weighted by atomic mass is 16.5. The summed E-state index contributed by atoms with van der Waals surface area (Å²) < 4.78 is 11.9. The molecule has 1 aliphatic heterocycles. The molecule has 130 valence electrons. The first-order valence-corrected chi connectivity index (χ1v) is 8.87. The molecular formula is C20H33NO2. The zero-order chi connectivity index (χ0) is 17.0. The van der Waals surface area contributed by atoms with E-state index in [1.807, 2.05) is 0 Å². The first-order valence-electron chi connectivity index (χ1n) is 8.87. The van der Waals surface area contributed by atoms with Gasteiger partial charge in [-0.1, -0.05) is 32.9 Å². The molecule has 0 radical (unpaired) electrons. The molecule has 2 rings (SSSR count). The third kappa shape index (κ3) is 5.50. The summed E-state index contributed by atoms with van der Waals surface area (Å²) in [7, 11) is 0. The number of benzene rings is 1. The smallest absolute Gasteiger partial charge is 0.123 e. The molecule has 1 saturated heterocycles. The maximum atomic E-state index is 6.13. The van der Waals surface area contributed by atoms with Crippen LogP contribution in [-0.4, -0.2) is 43.3 Å². The van der Waals surface area contributed by atoms with Crippen LogP contribution in [0.2, 0.25) is 0 Å². The second kappa shape index (κ2) is 7.67. The molecule has 3 heteroatoms. The minimum atomic E-state index is 0.109. The van der Waals surface area contributed by atoms with E-state index in [0.29, 0.717) is 12.2 Å². The van der Waals surface area contributed by atoms with E-state index in [9.17, 15) is 0 Å². The van der Waals surface area contributed by atoms with Crippen molar-refractivity contribution >= 4 is 0 Å². The summed E-state index contributed by atoms with van der Waals surface area (Å²) >= 11 is 0. The number of hydrogen-bond donors (Lipinski definition) is 0. The van der Waals surface area contributed by atoms with Gasteiger partial charge >= 0.3 is 0 Å². The molecular weight excluding hydrogens is 286 g/mol. The van der Waals surface area contributed by atoms with Crippen LogP contribution in [0, 0.1) is 6.92 Å². The van der Waals surface area contributed by atoms with Gasteiger partial charge in [0.15, 0.2) is 0 Å². The summed E-state index contributed by atoms with van der Waals surface area (Å²) in [6, 6.07) is 6.54. The fourth-order valence-corrected chi connectivity index (χ4v) is 3.31. The molecule has 0 aliphatic carbocycles. The Balaban J connectivity index is 1.86. The number of hydrogen-bond acceptors (Lipinski definition) is 3. The van der Waals surface area contributed by atoms with Gasteiger partial charge in [0.25, 0.3) is 0 Å². The highest BCUT2D eigenvalue weighted by Gasteiger charge is 2.22. The quantitative estimate of drug-likeness (QED) is 0.760. The van der Waals surface area contributed by atoms with Crippen LogP contribution in [0.25, 0.3) is 0 Å². The van der Waals surface area contributed by atoms with Gasteiger partial charge < -0.3 is 9.47 Å². The predicted octanol–water partition coefficient (Wildman–Crippen LogP) is 4.17. The molecule has 0 aromatic heterocycles. The number of rotatable bonds is 5. The largest absolute Gasteiger partial charge is 0.493 e. The summed E-state index contributed by atoms with van der Waals surface area (Å²) in [6.07, 6.45) is 1.73. The predicted molar refractivity (Wildman–Crippen MR) is 96.4 cm³/mol. The van der Waals surface area contributed by atoms with Crippen LogP contribution in [0.3, 0.4) is 0 Å². The van der Waals surface area contributed by atoms with E-state index in [0.717, 1.165) is 38.4 Å². The van der Waals surface area contributed by atoms with Crippen molar-refractivity contribution in [3.63, 3.8) is 0 Å². The van der Waals surface area contributed by atoms with E-state index in [1.165, 1.54) is 11.1 Å². The minimum absolute atomic E-state index is 0.109. The lowest BCUT2D eigenvalue weighted by Crippen LogP contribution is -2.45. The Morgan fingerprint density at radius 1 is 1.17 bits per heavy atom. The fraction of sp³-hybridized carbons (Fsp3) is 0.700. The average Bonchev–Trinajstić information content (AvgIpc) is 2.41. The summed E-state index contributed by atoms with van der Waals surface area (Å²) in [6.45, 7) is 17.0. The van der Waals surface area contributed by atoms with Gasteiger partial charge in [0, 0.05) is 19.6 Å². The molecule has 0 bridgehead atoms. The summed E-state index contributed by atoms with van der Waals surface area (Å²) in [5.41, 5.74) is 2.65. The molecule has 1 aromatic carbocycles. The normalized spacial score (nSPS) is 23.0. The van der Waals surface area contributed by atoms with Crippen molar-refractivity contribution in [2.45, 2.75) is 65.6 Å². The van der Waals surface area contributed by atoms with Crippen molar-refractivity contribution in [3.8, 4) is 5.75 Å². The highest BCUT2D eigenvalue weighted by Crippen LogP contribution is 2.32. The van der Waals surface area contributed by atoms with E-state index < -0.39 is 0 Å². The molecule has 0 amide bonds. The van der Waals surface area contributed by atoms with Crippen LogP contribution in [0.5, 0.6) is 5.75 Å². The average molecular weight is 319 g/mol. The molecule has 0 N–H and O–H groups in total. The fourth-order valence-electron chi connectivity index (χ4n) is 3.31. The van der Waals surface area contributed by atoms with Crippen LogP contribution in [0.4, 0.5) is 0 Å². The molecule has 0 unspecified atom stereocenters. The Kier molecular flexibility index (Phi) is 6.10. The molecule has 3 nitrogen and oxygen atoms in total. The van der Waals surface area contributed by atoms with Gasteiger partial charge in [-0.2, -0.15) is 0 Å². The number of aryl methyl sites for hydroxylation is 1. The van der Waals surface area contributed by atoms with Crippen LogP contribution in [0.15, 0.2) is 18.2 Å². The topological polar surface area (TPSA) is 21.7 Å². The third-order valence-corrected chi connectivity index (χ3v) is 4.32. The van der Waals surface area contributed by atoms with E-state index in [1.54, 1.807) is 0 Å². The van der Waals surface area contributed by atoms with Crippen LogP contribution in [-0.2, 0) is 10.2 Å². The monoisotopic (exact) mass is 319 g/mol. The van der Waals surface area contributed by atoms with Crippen molar-refractivity contribution in [1.29, 1.82) is 0 Å². The van der Waals surface area contributed by atoms with Crippen LogP contribution < -0.4 is 4.74 Å². The molecule has 23 heavy (non-hydrogen) atoms. The molecule has 1 heterocycles. The van der Waals surface area contributed by atoms with E-state index in [4.69, 9.17) is 9.47 Å². The SMILES string of the molecule is Cc1ccc(C(C)(C)C)c(OCCCN2C[C@@H](C)O[C@H](C)C2)c1. The highest BCUT2D eigenvalue weighted by molar-refractivity contribution is 5.41. The Morgan fingerprint density at radius 3 is 2.43 bits per heavy atom. The second-order valence-electron chi connectivity index (χ2n) is 7.97. The van der Waals surface area contributed by atoms with E-state index >= 15 is 0 Å². The van der Waals surface area contributed by atoms with Gasteiger partial charge in [0.1, 0.15) is 5.75 Å². The summed E-state index contributed by atoms with van der Waals surface area (Å²) in [5, 5.41) is 0. The van der Waals surface area contributed by atoms with Gasteiger partial charge in [0.05, 0.1) is 18.8 Å². The molecule has 2 atom stereocenters. The molecule has 0 saturated carbocycles. The van der Waals surface area contributed by atoms with Gasteiger partial charge in [-0.15, -0.1) is 0 Å². The Hall–Kier alpha value is -1.06. The van der Waals surface area contributed by atoms with Crippen molar-refractivity contribution in [2.75, 3.05) is 26.2 Å². The second-order valence-corrected chi connectivity index (χ2v) is 7.97. The van der Waals surface area contributed by atoms with Gasteiger partial charge in [0.2, 0.25) is 0 Å². The summed E-state index contributed by atoms with van der Waals surface area (Å²) in [4.78, 5) is 2.49. The summed E-state index contributed by atoms with van der Waals surface area (Å²) in [5.74, 6) is 1.04. The van der Waals surface area contributed by atoms with Crippen molar-refractivity contribution in [1.82, 2.24) is 4.90 Å². The zero-order valence-electron chi connectivity index (χ0n) is 15.7. The van der Waals surface area contributed by atoms with Crippen molar-refractivity contribution in [2.24, 2.45) is 0 Å². The Labute approximate surface area is 142 Å². The Bertz CT molecular complexity index is 497. The Morgan fingerprint density at radius 2 is 1.83 bits per heavy atom. The third-order valence-electron chi connectivity index (χ3n) is 4.32. The molecule has 0 spiro atoms. The van der Waals surface area contributed by atoms with Crippen molar-refractivity contribution in [3.05, 3.63) is 29.3 Å². The van der Waals surface area contributed by atoms with E-state index in [-0.39, 0.29) is 5.41 Å².